The van der Waals surface area contributed by atoms with Crippen LogP contribution in [-0.4, -0.2) is 0 Å². The highest BCUT2D eigenvalue weighted by Gasteiger charge is 1.93. The molecule has 0 bridgehead atoms. The lowest BCUT2D eigenvalue weighted by molar-refractivity contribution is 1.40. The van der Waals surface area contributed by atoms with Gasteiger partial charge in [-0.25, -0.2) is 0 Å². The van der Waals surface area contributed by atoms with Gasteiger partial charge in [0.05, 0.1) is 11.4 Å². The van der Waals surface area contributed by atoms with Gasteiger partial charge in [0.15, 0.2) is 0 Å². The highest BCUT2D eigenvalue weighted by atomic mass is 79.9. The first-order valence-electron chi connectivity index (χ1n) is 4.77. The van der Waals surface area contributed by atoms with Crippen LogP contribution in [0.15, 0.2) is 57.5 Å². The Labute approximate surface area is 111 Å². The number of hydrogen-bond acceptors (Lipinski definition) is 2. The van der Waals surface area contributed by atoms with Crippen molar-refractivity contribution < 1.29 is 0 Å². The van der Waals surface area contributed by atoms with E-state index >= 15 is 0 Å². The van der Waals surface area contributed by atoms with Crippen LogP contribution in [0.5, 0.6) is 0 Å². The Morgan fingerprint density at radius 1 is 0.688 bits per heavy atom. The van der Waals surface area contributed by atoms with Gasteiger partial charge < -0.3 is 10.9 Å². The van der Waals surface area contributed by atoms with E-state index in [1.807, 2.05) is 48.5 Å². The van der Waals surface area contributed by atoms with E-state index in [0.717, 1.165) is 20.3 Å². The second kappa shape index (κ2) is 5.37. The molecule has 0 saturated carbocycles. The van der Waals surface area contributed by atoms with Gasteiger partial charge in [-0.2, -0.15) is 0 Å². The minimum Gasteiger partial charge on any atom is -0.301 e. The molecule has 0 atom stereocenters. The Hall–Kier alpha value is -1.00. The molecule has 0 heterocycles. The molecule has 2 rings (SSSR count). The minimum absolute atomic E-state index is 1.01. The first kappa shape index (κ1) is 11.5. The van der Waals surface area contributed by atoms with E-state index in [1.165, 1.54) is 0 Å². The average Bonchev–Trinajstić information content (AvgIpc) is 2.28. The first-order chi connectivity index (χ1) is 7.74. The lowest BCUT2D eigenvalue weighted by Crippen LogP contribution is -2.08. The van der Waals surface area contributed by atoms with Crippen LogP contribution in [0.1, 0.15) is 0 Å². The number of benzene rings is 2. The molecule has 0 aliphatic heterocycles. The Morgan fingerprint density at radius 3 is 2.06 bits per heavy atom. The van der Waals surface area contributed by atoms with E-state index in [0.29, 0.717) is 0 Å². The molecule has 0 aromatic heterocycles. The van der Waals surface area contributed by atoms with Crippen LogP contribution in [0, 0.1) is 0 Å². The number of rotatable bonds is 3. The second-order valence-corrected chi connectivity index (χ2v) is 5.10. The van der Waals surface area contributed by atoms with Gasteiger partial charge in [-0.1, -0.05) is 37.9 Å². The third kappa shape index (κ3) is 3.25. The molecule has 0 fully saturated rings. The van der Waals surface area contributed by atoms with E-state index in [9.17, 15) is 0 Å². The summed E-state index contributed by atoms with van der Waals surface area (Å²) in [7, 11) is 0. The minimum atomic E-state index is 1.01. The summed E-state index contributed by atoms with van der Waals surface area (Å²) < 4.78 is 2.12. The van der Waals surface area contributed by atoms with Gasteiger partial charge in [0, 0.05) is 8.95 Å². The maximum absolute atomic E-state index is 3.42. The van der Waals surface area contributed by atoms with Crippen LogP contribution in [0.25, 0.3) is 0 Å². The van der Waals surface area contributed by atoms with Crippen molar-refractivity contribution in [3.8, 4) is 0 Å². The largest absolute Gasteiger partial charge is 0.301 e. The highest BCUT2D eigenvalue weighted by Crippen LogP contribution is 2.17. The summed E-state index contributed by atoms with van der Waals surface area (Å²) >= 11 is 6.82. The predicted molar refractivity (Wildman–Crippen MR) is 75.5 cm³/mol. The van der Waals surface area contributed by atoms with Crippen LogP contribution >= 0.6 is 31.9 Å². The summed E-state index contributed by atoms with van der Waals surface area (Å²) in [5.41, 5.74) is 8.28. The molecule has 2 N–H and O–H groups in total. The van der Waals surface area contributed by atoms with Crippen molar-refractivity contribution in [1.82, 2.24) is 0 Å². The smallest absolute Gasteiger partial charge is 0.0551 e. The van der Waals surface area contributed by atoms with Crippen molar-refractivity contribution in [1.29, 1.82) is 0 Å². The molecule has 0 radical (unpaired) electrons. The van der Waals surface area contributed by atoms with Crippen LogP contribution in [-0.2, 0) is 0 Å². The molecule has 0 spiro atoms. The van der Waals surface area contributed by atoms with Crippen molar-refractivity contribution >= 4 is 43.2 Å². The lowest BCUT2D eigenvalue weighted by Gasteiger charge is -2.09. The summed E-state index contributed by atoms with van der Waals surface area (Å²) in [4.78, 5) is 0. The second-order valence-electron chi connectivity index (χ2n) is 3.27. The Balaban J connectivity index is 1.99. The fourth-order valence-corrected chi connectivity index (χ4v) is 1.91. The molecule has 0 amide bonds. The summed E-state index contributed by atoms with van der Waals surface area (Å²) in [6.45, 7) is 0. The van der Waals surface area contributed by atoms with Crippen molar-refractivity contribution in [2.45, 2.75) is 0 Å². The van der Waals surface area contributed by atoms with E-state index in [4.69, 9.17) is 0 Å². The Kier molecular flexibility index (Phi) is 3.85. The maximum atomic E-state index is 3.42. The monoisotopic (exact) mass is 340 g/mol. The van der Waals surface area contributed by atoms with E-state index in [1.54, 1.807) is 0 Å². The third-order valence-electron chi connectivity index (χ3n) is 2.02. The molecule has 4 heteroatoms. The molecule has 0 unspecified atom stereocenters. The van der Waals surface area contributed by atoms with Crippen LogP contribution in [0.4, 0.5) is 11.4 Å². The summed E-state index contributed by atoms with van der Waals surface area (Å²) in [6, 6.07) is 15.9. The number of halogens is 2. The summed E-state index contributed by atoms with van der Waals surface area (Å²) in [5, 5.41) is 0. The fraction of sp³-hybridized carbons (Fsp3) is 0. The zero-order chi connectivity index (χ0) is 11.4. The molecule has 0 saturated heterocycles. The number of nitrogens with one attached hydrogen (secondary N) is 2. The van der Waals surface area contributed by atoms with Crippen molar-refractivity contribution in [3.05, 3.63) is 57.5 Å². The highest BCUT2D eigenvalue weighted by molar-refractivity contribution is 9.10. The average molecular weight is 342 g/mol. The van der Waals surface area contributed by atoms with Gasteiger partial charge in [-0.15, -0.1) is 0 Å². The maximum Gasteiger partial charge on any atom is 0.0551 e. The van der Waals surface area contributed by atoms with Gasteiger partial charge in [0.25, 0.3) is 0 Å². The van der Waals surface area contributed by atoms with Gasteiger partial charge in [-0.05, 0) is 42.5 Å². The quantitative estimate of drug-likeness (QED) is 0.794. The van der Waals surface area contributed by atoms with E-state index in [-0.39, 0.29) is 0 Å². The molecule has 16 heavy (non-hydrogen) atoms. The summed E-state index contributed by atoms with van der Waals surface area (Å²) in [5.74, 6) is 0. The van der Waals surface area contributed by atoms with Crippen molar-refractivity contribution in [2.75, 3.05) is 10.9 Å². The molecule has 0 aliphatic rings. The van der Waals surface area contributed by atoms with Gasteiger partial charge in [0.2, 0.25) is 0 Å². The fourth-order valence-electron chi connectivity index (χ4n) is 1.24. The molecule has 2 nitrogen and oxygen atoms in total. The van der Waals surface area contributed by atoms with Crippen LogP contribution < -0.4 is 10.9 Å². The van der Waals surface area contributed by atoms with E-state index < -0.39 is 0 Å². The van der Waals surface area contributed by atoms with Gasteiger partial charge in [-0.3, -0.25) is 0 Å². The van der Waals surface area contributed by atoms with Crippen LogP contribution in [0.2, 0.25) is 0 Å². The Morgan fingerprint density at radius 2 is 1.38 bits per heavy atom. The molecular formula is C12H10Br2N2. The molecule has 0 aliphatic carbocycles. The summed E-state index contributed by atoms with van der Waals surface area (Å²) in [6.07, 6.45) is 0. The molecule has 82 valence electrons. The normalized spacial score (nSPS) is 9.88. The lowest BCUT2D eigenvalue weighted by atomic mass is 10.3. The molecule has 2 aromatic carbocycles. The first-order valence-corrected chi connectivity index (χ1v) is 6.36. The number of hydrazine groups is 1. The third-order valence-corrected chi connectivity index (χ3v) is 3.04. The standard InChI is InChI=1S/C12H10Br2N2/c13-9-4-6-11(7-5-9)15-16-12-3-1-2-10(14)8-12/h1-8,15-16H. The van der Waals surface area contributed by atoms with Crippen LogP contribution in [0.3, 0.4) is 0 Å². The topological polar surface area (TPSA) is 24.1 Å². The zero-order valence-electron chi connectivity index (χ0n) is 8.37. The molecule has 2 aromatic rings. The van der Waals surface area contributed by atoms with Crippen molar-refractivity contribution in [2.24, 2.45) is 0 Å². The van der Waals surface area contributed by atoms with Crippen molar-refractivity contribution in [3.63, 3.8) is 0 Å². The SMILES string of the molecule is Brc1ccc(NNc2cccc(Br)c2)cc1. The Bertz CT molecular complexity index is 469. The van der Waals surface area contributed by atoms with Gasteiger partial charge in [0.1, 0.15) is 0 Å². The number of anilines is 2. The van der Waals surface area contributed by atoms with Gasteiger partial charge >= 0.3 is 0 Å². The number of hydrogen-bond donors (Lipinski definition) is 2. The van der Waals surface area contributed by atoms with E-state index in [2.05, 4.69) is 42.7 Å². The molecular weight excluding hydrogens is 332 g/mol. The zero-order valence-corrected chi connectivity index (χ0v) is 11.5. The predicted octanol–water partition coefficient (Wildman–Crippen LogP) is 4.65.